The summed E-state index contributed by atoms with van der Waals surface area (Å²) in [7, 11) is 0. The molecule has 152 valence electrons. The van der Waals surface area contributed by atoms with Gasteiger partial charge in [-0.15, -0.1) is 0 Å². The summed E-state index contributed by atoms with van der Waals surface area (Å²) in [6, 6.07) is 24.7. The van der Waals surface area contributed by atoms with Gasteiger partial charge in [-0.25, -0.2) is 0 Å². The van der Waals surface area contributed by atoms with Crippen molar-refractivity contribution in [2.24, 2.45) is 0 Å². The van der Waals surface area contributed by atoms with Crippen LogP contribution in [0.1, 0.15) is 40.4 Å². The first-order valence-corrected chi connectivity index (χ1v) is 10.4. The number of carbonyl (C=O) groups excluding carboxylic acids is 1. The zero-order valence-electron chi connectivity index (χ0n) is 17.5. The average Bonchev–Trinajstić information content (AvgIpc) is 3.16. The van der Waals surface area contributed by atoms with Gasteiger partial charge >= 0.3 is 0 Å². The fourth-order valence-corrected chi connectivity index (χ4v) is 3.61. The van der Waals surface area contributed by atoms with Gasteiger partial charge in [0.1, 0.15) is 0 Å². The second kappa shape index (κ2) is 8.95. The van der Waals surface area contributed by atoms with Crippen molar-refractivity contribution in [3.63, 3.8) is 0 Å². The van der Waals surface area contributed by atoms with Crippen LogP contribution >= 0.6 is 0 Å². The summed E-state index contributed by atoms with van der Waals surface area (Å²) >= 11 is 0. The minimum atomic E-state index is -0.0412. The van der Waals surface area contributed by atoms with Crippen LogP contribution in [0, 0.1) is 6.92 Å². The van der Waals surface area contributed by atoms with Crippen LogP contribution in [0.5, 0.6) is 0 Å². The van der Waals surface area contributed by atoms with E-state index in [1.54, 1.807) is 0 Å². The summed E-state index contributed by atoms with van der Waals surface area (Å²) in [5.74, 6) is -0.0412. The normalized spacial score (nSPS) is 12.1. The fourth-order valence-electron chi connectivity index (χ4n) is 3.61. The van der Waals surface area contributed by atoms with E-state index in [2.05, 4.69) is 60.7 Å². The van der Waals surface area contributed by atoms with Crippen molar-refractivity contribution in [3.05, 3.63) is 101 Å². The highest BCUT2D eigenvalue weighted by molar-refractivity contribution is 5.98. The molecule has 0 saturated carbocycles. The molecule has 0 radical (unpaired) electrons. The third kappa shape index (κ3) is 4.77. The van der Waals surface area contributed by atoms with E-state index in [4.69, 9.17) is 0 Å². The van der Waals surface area contributed by atoms with Crippen molar-refractivity contribution in [1.29, 1.82) is 0 Å². The van der Waals surface area contributed by atoms with Gasteiger partial charge in [0.25, 0.3) is 5.91 Å². The van der Waals surface area contributed by atoms with E-state index in [9.17, 15) is 4.79 Å². The molecule has 1 atom stereocenters. The maximum atomic E-state index is 12.8. The highest BCUT2D eigenvalue weighted by atomic mass is 16.1. The average molecular weight is 398 g/mol. The van der Waals surface area contributed by atoms with Gasteiger partial charge in [0.05, 0.1) is 18.3 Å². The van der Waals surface area contributed by atoms with Gasteiger partial charge in [-0.2, -0.15) is 5.10 Å². The van der Waals surface area contributed by atoms with Crippen molar-refractivity contribution in [2.75, 3.05) is 0 Å². The van der Waals surface area contributed by atoms with Crippen LogP contribution in [-0.2, 0) is 13.0 Å². The van der Waals surface area contributed by atoms with Gasteiger partial charge < -0.3 is 5.32 Å². The molecule has 1 N–H and O–H groups in total. The molecule has 0 aliphatic carbocycles. The quantitative estimate of drug-likeness (QED) is 0.469. The van der Waals surface area contributed by atoms with Gasteiger partial charge in [-0.1, -0.05) is 66.2 Å². The second-order valence-electron chi connectivity index (χ2n) is 7.96. The molecule has 3 aromatic carbocycles. The molecule has 4 heteroatoms. The Morgan fingerprint density at radius 3 is 2.53 bits per heavy atom. The zero-order valence-corrected chi connectivity index (χ0v) is 17.5. The minimum absolute atomic E-state index is 0.0412. The van der Waals surface area contributed by atoms with Crippen molar-refractivity contribution in [3.8, 4) is 0 Å². The fraction of sp³-hybridized carbons (Fsp3) is 0.231. The van der Waals surface area contributed by atoms with Crippen LogP contribution in [0.2, 0.25) is 0 Å². The van der Waals surface area contributed by atoms with Gasteiger partial charge in [0, 0.05) is 17.0 Å². The van der Waals surface area contributed by atoms with Gasteiger partial charge in [0.15, 0.2) is 0 Å². The Hall–Kier alpha value is -3.40. The van der Waals surface area contributed by atoms with Crippen LogP contribution in [0.4, 0.5) is 0 Å². The van der Waals surface area contributed by atoms with E-state index in [0.29, 0.717) is 12.1 Å². The molecule has 0 fully saturated rings. The predicted octanol–water partition coefficient (Wildman–Crippen LogP) is 5.14. The van der Waals surface area contributed by atoms with Crippen molar-refractivity contribution < 1.29 is 4.79 Å². The zero-order chi connectivity index (χ0) is 20.9. The van der Waals surface area contributed by atoms with E-state index in [1.165, 1.54) is 16.7 Å². The predicted molar refractivity (Wildman–Crippen MR) is 122 cm³/mol. The van der Waals surface area contributed by atoms with Crippen LogP contribution in [-0.4, -0.2) is 21.7 Å². The number of hydrogen-bond donors (Lipinski definition) is 1. The number of aromatic nitrogens is 2. The Bertz CT molecular complexity index is 1130. The molecule has 4 nitrogen and oxygen atoms in total. The van der Waals surface area contributed by atoms with Crippen LogP contribution < -0.4 is 5.32 Å². The largest absolute Gasteiger partial charge is 0.350 e. The smallest absolute Gasteiger partial charge is 0.251 e. The van der Waals surface area contributed by atoms with E-state index in [0.717, 1.165) is 23.7 Å². The molecule has 4 rings (SSSR count). The molecule has 0 unspecified atom stereocenters. The van der Waals surface area contributed by atoms with Crippen LogP contribution in [0.15, 0.2) is 79.0 Å². The first-order chi connectivity index (χ1) is 14.6. The van der Waals surface area contributed by atoms with Gasteiger partial charge in [-0.05, 0) is 49.9 Å². The van der Waals surface area contributed by atoms with E-state index < -0.39 is 0 Å². The van der Waals surface area contributed by atoms with Crippen molar-refractivity contribution in [1.82, 2.24) is 15.1 Å². The number of nitrogens with zero attached hydrogens (tertiary/aromatic N) is 2. The van der Waals surface area contributed by atoms with Gasteiger partial charge in [0.2, 0.25) is 0 Å². The number of hydrogen-bond acceptors (Lipinski definition) is 2. The summed E-state index contributed by atoms with van der Waals surface area (Å²) in [5.41, 5.74) is 5.36. The number of nitrogens with one attached hydrogen (secondary N) is 1. The molecule has 1 amide bonds. The first kappa shape index (κ1) is 19.9. The third-order valence-electron chi connectivity index (χ3n) is 5.45. The number of fused-ring (bicyclic) bond motifs is 1. The van der Waals surface area contributed by atoms with E-state index in [-0.39, 0.29) is 11.9 Å². The van der Waals surface area contributed by atoms with Crippen LogP contribution in [0.25, 0.3) is 10.9 Å². The SMILES string of the molecule is Cc1ccc(Cn2ncc3ccc(C(=O)N[C@@H](C)CCc4ccccc4)cc32)cc1. The Labute approximate surface area is 177 Å². The molecule has 0 bridgehead atoms. The Kier molecular flexibility index (Phi) is 5.94. The number of amides is 1. The molecule has 30 heavy (non-hydrogen) atoms. The third-order valence-corrected chi connectivity index (χ3v) is 5.45. The number of benzene rings is 3. The standard InChI is InChI=1S/C26H27N3O/c1-19-8-11-22(12-9-19)18-29-25-16-23(14-15-24(25)17-27-29)26(30)28-20(2)10-13-21-6-4-3-5-7-21/h3-9,11-12,14-17,20H,10,13,18H2,1-2H3,(H,28,30)/t20-/m0/s1. The maximum absolute atomic E-state index is 12.8. The van der Waals surface area contributed by atoms with E-state index >= 15 is 0 Å². The Morgan fingerprint density at radius 1 is 1.00 bits per heavy atom. The lowest BCUT2D eigenvalue weighted by molar-refractivity contribution is 0.0938. The monoisotopic (exact) mass is 397 g/mol. The number of rotatable bonds is 7. The molecular weight excluding hydrogens is 370 g/mol. The summed E-state index contributed by atoms with van der Waals surface area (Å²) in [5, 5.41) is 8.69. The highest BCUT2D eigenvalue weighted by Crippen LogP contribution is 2.18. The molecule has 1 heterocycles. The summed E-state index contributed by atoms with van der Waals surface area (Å²) < 4.78 is 1.95. The number of aryl methyl sites for hydroxylation is 2. The lowest BCUT2D eigenvalue weighted by atomic mass is 10.1. The summed E-state index contributed by atoms with van der Waals surface area (Å²) in [4.78, 5) is 12.8. The van der Waals surface area contributed by atoms with Crippen molar-refractivity contribution in [2.45, 2.75) is 39.3 Å². The highest BCUT2D eigenvalue weighted by Gasteiger charge is 2.12. The van der Waals surface area contributed by atoms with Crippen molar-refractivity contribution >= 4 is 16.8 Å². The Morgan fingerprint density at radius 2 is 1.77 bits per heavy atom. The number of carbonyl (C=O) groups is 1. The molecule has 0 aliphatic heterocycles. The lowest BCUT2D eigenvalue weighted by Crippen LogP contribution is -2.32. The Balaban J connectivity index is 1.44. The van der Waals surface area contributed by atoms with Crippen LogP contribution in [0.3, 0.4) is 0 Å². The summed E-state index contributed by atoms with van der Waals surface area (Å²) in [6.07, 6.45) is 3.71. The lowest BCUT2D eigenvalue weighted by Gasteiger charge is -2.14. The topological polar surface area (TPSA) is 46.9 Å². The molecular formula is C26H27N3O. The summed E-state index contributed by atoms with van der Waals surface area (Å²) in [6.45, 7) is 4.82. The van der Waals surface area contributed by atoms with Gasteiger partial charge in [-0.3, -0.25) is 9.48 Å². The molecule has 0 spiro atoms. The maximum Gasteiger partial charge on any atom is 0.251 e. The molecule has 1 aromatic heterocycles. The van der Waals surface area contributed by atoms with E-state index in [1.807, 2.05) is 47.3 Å². The molecule has 4 aromatic rings. The first-order valence-electron chi connectivity index (χ1n) is 10.4. The minimum Gasteiger partial charge on any atom is -0.350 e. The molecule has 0 saturated heterocycles. The second-order valence-corrected chi connectivity index (χ2v) is 7.96. The molecule has 0 aliphatic rings.